The number of likely N-dealkylation sites (tertiary alicyclic amines) is 1. The fourth-order valence-corrected chi connectivity index (χ4v) is 3.43. The van der Waals surface area contributed by atoms with Gasteiger partial charge in [0.05, 0.1) is 29.5 Å². The van der Waals surface area contributed by atoms with E-state index in [1.807, 2.05) is 0 Å². The van der Waals surface area contributed by atoms with Crippen LogP contribution in [0.1, 0.15) is 67.2 Å². The average molecular weight is 372 g/mol. The van der Waals surface area contributed by atoms with Crippen LogP contribution in [0.5, 0.6) is 0 Å². The van der Waals surface area contributed by atoms with Crippen molar-refractivity contribution in [1.82, 2.24) is 4.90 Å². The van der Waals surface area contributed by atoms with Crippen LogP contribution < -0.4 is 0 Å². The molecule has 1 saturated carbocycles. The number of hydrogen-bond acceptors (Lipinski definition) is 5. The van der Waals surface area contributed by atoms with Crippen LogP contribution in [-0.4, -0.2) is 73.9 Å². The highest BCUT2D eigenvalue weighted by atomic mass is 16.5. The van der Waals surface area contributed by atoms with Gasteiger partial charge in [-0.2, -0.15) is 0 Å². The van der Waals surface area contributed by atoms with Gasteiger partial charge in [0, 0.05) is 39.5 Å². The minimum absolute atomic E-state index is 0.0258. The lowest BCUT2D eigenvalue weighted by Gasteiger charge is -2.42. The summed E-state index contributed by atoms with van der Waals surface area (Å²) in [5, 5.41) is 0. The Morgan fingerprint density at radius 2 is 1.31 bits per heavy atom. The van der Waals surface area contributed by atoms with E-state index in [2.05, 4.69) is 46.4 Å². The van der Waals surface area contributed by atoms with E-state index in [1.54, 1.807) is 0 Å². The van der Waals surface area contributed by atoms with Crippen LogP contribution in [0.25, 0.3) is 0 Å². The molecule has 5 nitrogen and oxygen atoms in total. The van der Waals surface area contributed by atoms with E-state index in [1.165, 1.54) is 0 Å². The summed E-state index contributed by atoms with van der Waals surface area (Å²) in [5.41, 5.74) is -0.0675. The standard InChI is InChI=1S/C21H41NO4/c1-20(2,3)25-18-13-17(14-18)24-12-8-11-23-10-7-9-22-15-19(16-22)26-21(4,5)6/h17-19H,7-16H2,1-6H3. The average Bonchev–Trinajstić information content (AvgIpc) is 2.41. The van der Waals surface area contributed by atoms with Crippen molar-refractivity contribution in [1.29, 1.82) is 0 Å². The molecular weight excluding hydrogens is 330 g/mol. The van der Waals surface area contributed by atoms with E-state index in [4.69, 9.17) is 18.9 Å². The third kappa shape index (κ3) is 9.14. The lowest BCUT2D eigenvalue weighted by Crippen LogP contribution is -2.54. The summed E-state index contributed by atoms with van der Waals surface area (Å²) in [5.74, 6) is 0. The lowest BCUT2D eigenvalue weighted by molar-refractivity contribution is -0.149. The van der Waals surface area contributed by atoms with Crippen LogP contribution in [0.2, 0.25) is 0 Å². The second-order valence-corrected chi connectivity index (χ2v) is 9.75. The number of hydrogen-bond donors (Lipinski definition) is 0. The molecule has 0 radical (unpaired) electrons. The van der Waals surface area contributed by atoms with Crippen LogP contribution in [0.3, 0.4) is 0 Å². The van der Waals surface area contributed by atoms with Gasteiger partial charge in [0.1, 0.15) is 0 Å². The van der Waals surface area contributed by atoms with Crippen LogP contribution in [0.15, 0.2) is 0 Å². The SMILES string of the molecule is CC(C)(C)OC1CC(OCCCOCCCN2CC(OC(C)(C)C)C2)C1. The summed E-state index contributed by atoms with van der Waals surface area (Å²) < 4.78 is 23.4. The molecule has 0 aromatic heterocycles. The maximum Gasteiger partial charge on any atom is 0.0835 e. The number of ether oxygens (including phenoxy) is 4. The molecule has 0 aromatic carbocycles. The Bertz CT molecular complexity index is 352. The molecule has 0 bridgehead atoms. The van der Waals surface area contributed by atoms with Gasteiger partial charge in [-0.3, -0.25) is 4.90 Å². The van der Waals surface area contributed by atoms with E-state index in [0.29, 0.717) is 18.3 Å². The predicted octanol–water partition coefficient (Wildman–Crippen LogP) is 3.65. The zero-order chi connectivity index (χ0) is 19.2. The predicted molar refractivity (Wildman–Crippen MR) is 105 cm³/mol. The third-order valence-electron chi connectivity index (χ3n) is 4.57. The van der Waals surface area contributed by atoms with Crippen molar-refractivity contribution < 1.29 is 18.9 Å². The lowest BCUT2D eigenvalue weighted by atomic mass is 9.91. The molecule has 1 aliphatic heterocycles. The van der Waals surface area contributed by atoms with Gasteiger partial charge >= 0.3 is 0 Å². The van der Waals surface area contributed by atoms with Crippen molar-refractivity contribution in [2.24, 2.45) is 0 Å². The molecule has 0 spiro atoms. The second kappa shape index (κ2) is 9.83. The van der Waals surface area contributed by atoms with Gasteiger partial charge in [0.15, 0.2) is 0 Å². The molecule has 2 rings (SSSR count). The topological polar surface area (TPSA) is 40.2 Å². The second-order valence-electron chi connectivity index (χ2n) is 9.75. The molecule has 26 heavy (non-hydrogen) atoms. The summed E-state index contributed by atoms with van der Waals surface area (Å²) in [6.07, 6.45) is 5.32. The number of nitrogens with zero attached hydrogens (tertiary/aromatic N) is 1. The van der Waals surface area contributed by atoms with Crippen LogP contribution in [-0.2, 0) is 18.9 Å². The maximum atomic E-state index is 5.94. The normalized spacial score (nSPS) is 25.2. The van der Waals surface area contributed by atoms with Crippen molar-refractivity contribution in [2.75, 3.05) is 39.5 Å². The molecule has 2 aliphatic rings. The first-order chi connectivity index (χ1) is 12.1. The largest absolute Gasteiger partial charge is 0.381 e. The Labute approximate surface area is 160 Å². The van der Waals surface area contributed by atoms with Crippen molar-refractivity contribution in [3.8, 4) is 0 Å². The monoisotopic (exact) mass is 371 g/mol. The molecule has 0 atom stereocenters. The molecular formula is C21H41NO4. The Balaban J connectivity index is 1.32. The smallest absolute Gasteiger partial charge is 0.0835 e. The summed E-state index contributed by atoms with van der Waals surface area (Å²) in [7, 11) is 0. The molecule has 1 saturated heterocycles. The zero-order valence-electron chi connectivity index (χ0n) is 17.9. The van der Waals surface area contributed by atoms with E-state index in [0.717, 1.165) is 65.1 Å². The minimum atomic E-state index is -0.0416. The van der Waals surface area contributed by atoms with Crippen molar-refractivity contribution in [3.63, 3.8) is 0 Å². The first-order valence-corrected chi connectivity index (χ1v) is 10.4. The van der Waals surface area contributed by atoms with Gasteiger partial charge in [-0.25, -0.2) is 0 Å². The Hall–Kier alpha value is -0.200. The van der Waals surface area contributed by atoms with Crippen LogP contribution in [0.4, 0.5) is 0 Å². The van der Waals surface area contributed by atoms with Crippen molar-refractivity contribution >= 4 is 0 Å². The van der Waals surface area contributed by atoms with Gasteiger partial charge in [0.25, 0.3) is 0 Å². The molecule has 5 heteroatoms. The first kappa shape index (κ1) is 22.1. The van der Waals surface area contributed by atoms with Gasteiger partial charge in [-0.15, -0.1) is 0 Å². The van der Waals surface area contributed by atoms with Crippen LogP contribution >= 0.6 is 0 Å². The van der Waals surface area contributed by atoms with Crippen molar-refractivity contribution in [3.05, 3.63) is 0 Å². The summed E-state index contributed by atoms with van der Waals surface area (Å²) in [6.45, 7) is 18.4. The Morgan fingerprint density at radius 3 is 1.92 bits per heavy atom. The molecule has 0 unspecified atom stereocenters. The third-order valence-corrected chi connectivity index (χ3v) is 4.57. The zero-order valence-corrected chi connectivity index (χ0v) is 17.9. The van der Waals surface area contributed by atoms with E-state index in [9.17, 15) is 0 Å². The number of rotatable bonds is 11. The summed E-state index contributed by atoms with van der Waals surface area (Å²) in [6, 6.07) is 0. The van der Waals surface area contributed by atoms with Crippen LogP contribution in [0, 0.1) is 0 Å². The molecule has 154 valence electrons. The maximum absolute atomic E-state index is 5.94. The molecule has 0 N–H and O–H groups in total. The van der Waals surface area contributed by atoms with Gasteiger partial charge in [-0.1, -0.05) is 0 Å². The van der Waals surface area contributed by atoms with Gasteiger partial charge in [-0.05, 0) is 67.2 Å². The Morgan fingerprint density at radius 1 is 0.731 bits per heavy atom. The first-order valence-electron chi connectivity index (χ1n) is 10.4. The van der Waals surface area contributed by atoms with E-state index < -0.39 is 0 Å². The summed E-state index contributed by atoms with van der Waals surface area (Å²) >= 11 is 0. The quantitative estimate of drug-likeness (QED) is 0.519. The molecule has 1 heterocycles. The Kier molecular flexibility index (Phi) is 8.35. The highest BCUT2D eigenvalue weighted by Crippen LogP contribution is 2.29. The fourth-order valence-electron chi connectivity index (χ4n) is 3.43. The van der Waals surface area contributed by atoms with Gasteiger partial charge in [0.2, 0.25) is 0 Å². The van der Waals surface area contributed by atoms with Crippen molar-refractivity contribution in [2.45, 2.75) is 96.7 Å². The molecule has 1 aliphatic carbocycles. The fraction of sp³-hybridized carbons (Fsp3) is 1.00. The molecule has 2 fully saturated rings. The molecule has 0 amide bonds. The molecule has 0 aromatic rings. The van der Waals surface area contributed by atoms with E-state index >= 15 is 0 Å². The highest BCUT2D eigenvalue weighted by Gasteiger charge is 2.33. The summed E-state index contributed by atoms with van der Waals surface area (Å²) in [4.78, 5) is 2.44. The minimum Gasteiger partial charge on any atom is -0.381 e. The highest BCUT2D eigenvalue weighted by molar-refractivity contribution is 4.83. The van der Waals surface area contributed by atoms with Gasteiger partial charge < -0.3 is 18.9 Å². The van der Waals surface area contributed by atoms with E-state index in [-0.39, 0.29) is 11.2 Å².